The third-order valence-corrected chi connectivity index (χ3v) is 3.33. The van der Waals surface area contributed by atoms with Gasteiger partial charge in [0.15, 0.2) is 0 Å². The van der Waals surface area contributed by atoms with Crippen LogP contribution in [-0.4, -0.2) is 25.0 Å². The van der Waals surface area contributed by atoms with E-state index in [4.69, 9.17) is 0 Å². The van der Waals surface area contributed by atoms with Gasteiger partial charge in [0.05, 0.1) is 0 Å². The van der Waals surface area contributed by atoms with E-state index < -0.39 is 0 Å². The van der Waals surface area contributed by atoms with E-state index in [1.165, 1.54) is 45.2 Å². The summed E-state index contributed by atoms with van der Waals surface area (Å²) in [5, 5.41) is 0. The molecule has 0 aromatic carbocycles. The first-order chi connectivity index (χ1) is 8.11. The van der Waals surface area contributed by atoms with E-state index in [-0.39, 0.29) is 0 Å². The van der Waals surface area contributed by atoms with E-state index in [0.717, 1.165) is 11.8 Å². The summed E-state index contributed by atoms with van der Waals surface area (Å²) in [5.74, 6) is 1.85. The lowest BCUT2D eigenvalue weighted by Gasteiger charge is -2.13. The van der Waals surface area contributed by atoms with Crippen LogP contribution in [0.4, 0.5) is 0 Å². The zero-order valence-corrected chi connectivity index (χ0v) is 13.6. The van der Waals surface area contributed by atoms with Crippen LogP contribution in [0.15, 0.2) is 0 Å². The van der Waals surface area contributed by atoms with Crippen LogP contribution in [0.25, 0.3) is 0 Å². The normalized spacial score (nSPS) is 19.4. The van der Waals surface area contributed by atoms with E-state index in [0.29, 0.717) is 0 Å². The maximum Gasteiger partial charge on any atom is 0.000953 e. The van der Waals surface area contributed by atoms with E-state index in [9.17, 15) is 0 Å². The first kappa shape index (κ1) is 19.3. The zero-order valence-electron chi connectivity index (χ0n) is 13.6. The van der Waals surface area contributed by atoms with Crippen LogP contribution >= 0.6 is 0 Å². The van der Waals surface area contributed by atoms with E-state index in [1.54, 1.807) is 0 Å². The van der Waals surface area contributed by atoms with Gasteiger partial charge in [0.25, 0.3) is 0 Å². The molecule has 1 aliphatic rings. The lowest BCUT2D eigenvalue weighted by atomic mass is 9.95. The molecule has 0 saturated carbocycles. The first-order valence-corrected chi connectivity index (χ1v) is 7.80. The molecule has 1 nitrogen and oxygen atoms in total. The average molecular weight is 243 g/mol. The van der Waals surface area contributed by atoms with Gasteiger partial charge in [-0.3, -0.25) is 0 Å². The SMILES string of the molecule is CC.CC(C)C1CCN(C)C1.CCCCCC. The largest absolute Gasteiger partial charge is 0.306 e. The third kappa shape index (κ3) is 12.2. The maximum absolute atomic E-state index is 2.42. The van der Waals surface area contributed by atoms with Gasteiger partial charge in [0.1, 0.15) is 0 Å². The Kier molecular flexibility index (Phi) is 15.9. The van der Waals surface area contributed by atoms with Crippen molar-refractivity contribution in [3.63, 3.8) is 0 Å². The van der Waals surface area contributed by atoms with Gasteiger partial charge in [0, 0.05) is 6.54 Å². The summed E-state index contributed by atoms with van der Waals surface area (Å²) in [4.78, 5) is 2.42. The Morgan fingerprint density at radius 1 is 1.06 bits per heavy atom. The molecular weight excluding hydrogens is 206 g/mol. The van der Waals surface area contributed by atoms with Gasteiger partial charge in [-0.2, -0.15) is 0 Å². The highest BCUT2D eigenvalue weighted by molar-refractivity contribution is 4.74. The molecule has 106 valence electrons. The van der Waals surface area contributed by atoms with Crippen LogP contribution in [0, 0.1) is 11.8 Å². The number of hydrogen-bond donors (Lipinski definition) is 0. The Balaban J connectivity index is 0. The fraction of sp³-hybridized carbons (Fsp3) is 1.00. The third-order valence-electron chi connectivity index (χ3n) is 3.33. The average Bonchev–Trinajstić information content (AvgIpc) is 2.77. The van der Waals surface area contributed by atoms with Crippen molar-refractivity contribution in [1.29, 1.82) is 0 Å². The van der Waals surface area contributed by atoms with Crippen LogP contribution in [0.2, 0.25) is 0 Å². The second-order valence-corrected chi connectivity index (χ2v) is 5.26. The lowest BCUT2D eigenvalue weighted by molar-refractivity contribution is 0.352. The second-order valence-electron chi connectivity index (χ2n) is 5.26. The number of hydrogen-bond acceptors (Lipinski definition) is 1. The van der Waals surface area contributed by atoms with Crippen molar-refractivity contribution in [2.24, 2.45) is 11.8 Å². The molecule has 0 bridgehead atoms. The van der Waals surface area contributed by atoms with Crippen molar-refractivity contribution in [2.45, 2.75) is 73.6 Å². The number of rotatable bonds is 4. The number of likely N-dealkylation sites (tertiary alicyclic amines) is 1. The molecule has 0 amide bonds. The van der Waals surface area contributed by atoms with Crippen molar-refractivity contribution in [1.82, 2.24) is 4.90 Å². The maximum atomic E-state index is 2.42. The molecule has 0 spiro atoms. The fourth-order valence-corrected chi connectivity index (χ4v) is 2.01. The molecule has 1 fully saturated rings. The molecule has 1 heteroatoms. The zero-order chi connectivity index (χ0) is 13.7. The lowest BCUT2D eigenvalue weighted by Crippen LogP contribution is -2.16. The monoisotopic (exact) mass is 243 g/mol. The van der Waals surface area contributed by atoms with Gasteiger partial charge in [0.2, 0.25) is 0 Å². The molecular formula is C16H37N. The molecule has 0 aromatic rings. The van der Waals surface area contributed by atoms with Gasteiger partial charge < -0.3 is 4.90 Å². The second kappa shape index (κ2) is 14.0. The van der Waals surface area contributed by atoms with Crippen molar-refractivity contribution >= 4 is 0 Å². The summed E-state index contributed by atoms with van der Waals surface area (Å²) in [6.45, 7) is 15.7. The summed E-state index contributed by atoms with van der Waals surface area (Å²) in [6.07, 6.45) is 6.95. The Morgan fingerprint density at radius 2 is 1.53 bits per heavy atom. The number of nitrogens with zero attached hydrogens (tertiary/aromatic N) is 1. The van der Waals surface area contributed by atoms with E-state index >= 15 is 0 Å². The summed E-state index contributed by atoms with van der Waals surface area (Å²) in [5.41, 5.74) is 0. The van der Waals surface area contributed by atoms with Gasteiger partial charge in [-0.15, -0.1) is 0 Å². The fourth-order valence-electron chi connectivity index (χ4n) is 2.01. The van der Waals surface area contributed by atoms with Gasteiger partial charge in [-0.1, -0.05) is 67.2 Å². The van der Waals surface area contributed by atoms with Crippen molar-refractivity contribution in [3.05, 3.63) is 0 Å². The quantitative estimate of drug-likeness (QED) is 0.613. The molecule has 1 rings (SSSR count). The Bertz CT molecular complexity index is 127. The predicted molar refractivity (Wildman–Crippen MR) is 81.6 cm³/mol. The highest BCUT2D eigenvalue weighted by atomic mass is 15.1. The van der Waals surface area contributed by atoms with Crippen molar-refractivity contribution < 1.29 is 0 Å². The standard InChI is InChI=1S/C8H17N.C6H14.C2H6/c1-7(2)8-4-5-9(3)6-8;1-3-5-6-4-2;1-2/h7-8H,4-6H2,1-3H3;3-6H2,1-2H3;1-2H3. The molecule has 17 heavy (non-hydrogen) atoms. The minimum absolute atomic E-state index is 0.884. The summed E-state index contributed by atoms with van der Waals surface area (Å²) >= 11 is 0. The Labute approximate surface area is 111 Å². The van der Waals surface area contributed by atoms with E-state index in [1.807, 2.05) is 13.8 Å². The smallest absolute Gasteiger partial charge is 0.000953 e. The topological polar surface area (TPSA) is 3.24 Å². The molecule has 1 heterocycles. The Morgan fingerprint density at radius 3 is 1.71 bits per heavy atom. The van der Waals surface area contributed by atoms with Crippen molar-refractivity contribution in [3.8, 4) is 0 Å². The molecule has 0 N–H and O–H groups in total. The molecule has 0 radical (unpaired) electrons. The predicted octanol–water partition coefficient (Wildman–Crippen LogP) is 5.21. The molecule has 1 atom stereocenters. The van der Waals surface area contributed by atoms with Crippen LogP contribution in [0.1, 0.15) is 73.6 Å². The van der Waals surface area contributed by atoms with Crippen LogP contribution in [0.5, 0.6) is 0 Å². The minimum atomic E-state index is 0.884. The minimum Gasteiger partial charge on any atom is -0.306 e. The molecule has 1 aliphatic heterocycles. The van der Waals surface area contributed by atoms with Gasteiger partial charge in [-0.05, 0) is 31.8 Å². The molecule has 0 aromatic heterocycles. The summed E-state index contributed by atoms with van der Waals surface area (Å²) < 4.78 is 0. The van der Waals surface area contributed by atoms with Crippen LogP contribution in [0.3, 0.4) is 0 Å². The first-order valence-electron chi connectivity index (χ1n) is 7.80. The van der Waals surface area contributed by atoms with Gasteiger partial charge >= 0.3 is 0 Å². The van der Waals surface area contributed by atoms with Crippen LogP contribution < -0.4 is 0 Å². The molecule has 1 saturated heterocycles. The van der Waals surface area contributed by atoms with E-state index in [2.05, 4.69) is 39.6 Å². The Hall–Kier alpha value is -0.0400. The number of unbranched alkanes of at least 4 members (excludes halogenated alkanes) is 3. The van der Waals surface area contributed by atoms with Gasteiger partial charge in [-0.25, -0.2) is 0 Å². The highest BCUT2D eigenvalue weighted by Crippen LogP contribution is 2.21. The van der Waals surface area contributed by atoms with Crippen molar-refractivity contribution in [2.75, 3.05) is 20.1 Å². The molecule has 1 unspecified atom stereocenters. The van der Waals surface area contributed by atoms with Crippen LogP contribution in [-0.2, 0) is 0 Å². The summed E-state index contributed by atoms with van der Waals surface area (Å²) in [7, 11) is 2.21. The molecule has 0 aliphatic carbocycles. The summed E-state index contributed by atoms with van der Waals surface area (Å²) in [6, 6.07) is 0. The highest BCUT2D eigenvalue weighted by Gasteiger charge is 2.21.